The van der Waals surface area contributed by atoms with Crippen LogP contribution in [0.15, 0.2) is 24.3 Å². The summed E-state index contributed by atoms with van der Waals surface area (Å²) in [5, 5.41) is 2.89. The lowest BCUT2D eigenvalue weighted by molar-refractivity contribution is -0.123. The number of hydrogen-bond donors (Lipinski definition) is 2. The zero-order chi connectivity index (χ0) is 15.8. The van der Waals surface area contributed by atoms with Gasteiger partial charge in [-0.05, 0) is 30.1 Å². The Morgan fingerprint density at radius 3 is 2.09 bits per heavy atom. The van der Waals surface area contributed by atoms with Crippen molar-refractivity contribution in [2.75, 3.05) is 13.1 Å². The molecule has 0 aliphatic carbocycles. The molecule has 0 saturated carbocycles. The summed E-state index contributed by atoms with van der Waals surface area (Å²) in [6.45, 7) is 11.9. The van der Waals surface area contributed by atoms with Crippen molar-refractivity contribution < 1.29 is 4.79 Å². The first-order chi connectivity index (χ1) is 9.97. The van der Waals surface area contributed by atoms with Gasteiger partial charge in [-0.1, -0.05) is 52.0 Å². The molecule has 1 aromatic carbocycles. The van der Waals surface area contributed by atoms with Gasteiger partial charge < -0.3 is 11.1 Å². The molecular weight excluding hydrogens is 298 g/mol. The number of hydrogen-bond acceptors (Lipinski definition) is 3. The van der Waals surface area contributed by atoms with Gasteiger partial charge in [0.1, 0.15) is 0 Å². The molecule has 0 aliphatic heterocycles. The Bertz CT molecular complexity index is 430. The van der Waals surface area contributed by atoms with E-state index in [0.29, 0.717) is 6.54 Å². The van der Waals surface area contributed by atoms with Crippen LogP contribution < -0.4 is 11.1 Å². The highest BCUT2D eigenvalue weighted by Gasteiger charge is 2.16. The molecule has 0 unspecified atom stereocenters. The average Bonchev–Trinajstić information content (AvgIpc) is 2.50. The van der Waals surface area contributed by atoms with Gasteiger partial charge in [-0.3, -0.25) is 9.69 Å². The van der Waals surface area contributed by atoms with Gasteiger partial charge in [0.2, 0.25) is 5.91 Å². The topological polar surface area (TPSA) is 58.4 Å². The van der Waals surface area contributed by atoms with Crippen LogP contribution >= 0.6 is 12.4 Å². The van der Waals surface area contributed by atoms with Crippen LogP contribution in [0.3, 0.4) is 0 Å². The van der Waals surface area contributed by atoms with E-state index in [9.17, 15) is 4.79 Å². The first-order valence-corrected chi connectivity index (χ1v) is 7.81. The SMILES string of the molecule is CCN(CC)Cc1ccc(CNC(=O)[C@@H](N)C(C)C)cc1.Cl. The van der Waals surface area contributed by atoms with E-state index in [-0.39, 0.29) is 24.2 Å². The summed E-state index contributed by atoms with van der Waals surface area (Å²) in [4.78, 5) is 14.2. The van der Waals surface area contributed by atoms with E-state index >= 15 is 0 Å². The van der Waals surface area contributed by atoms with Crippen LogP contribution in [0.4, 0.5) is 0 Å². The fraction of sp³-hybridized carbons (Fsp3) is 0.588. The normalized spacial score (nSPS) is 12.1. The molecule has 0 bridgehead atoms. The molecule has 1 aromatic rings. The molecule has 1 amide bonds. The third-order valence-corrected chi connectivity index (χ3v) is 3.81. The fourth-order valence-electron chi connectivity index (χ4n) is 2.08. The van der Waals surface area contributed by atoms with E-state index in [2.05, 4.69) is 48.3 Å². The van der Waals surface area contributed by atoms with E-state index in [1.54, 1.807) is 0 Å². The van der Waals surface area contributed by atoms with Crippen LogP contribution in [0, 0.1) is 5.92 Å². The van der Waals surface area contributed by atoms with Crippen molar-refractivity contribution in [1.82, 2.24) is 10.2 Å². The van der Waals surface area contributed by atoms with Gasteiger partial charge in [-0.25, -0.2) is 0 Å². The number of carbonyl (C=O) groups excluding carboxylic acids is 1. The van der Waals surface area contributed by atoms with Crippen LogP contribution in [0.2, 0.25) is 0 Å². The highest BCUT2D eigenvalue weighted by molar-refractivity contribution is 5.85. The second-order valence-corrected chi connectivity index (χ2v) is 5.77. The summed E-state index contributed by atoms with van der Waals surface area (Å²) in [6.07, 6.45) is 0. The van der Waals surface area contributed by atoms with Gasteiger partial charge in [0.05, 0.1) is 6.04 Å². The number of nitrogens with two attached hydrogens (primary N) is 1. The highest BCUT2D eigenvalue weighted by Crippen LogP contribution is 2.08. The van der Waals surface area contributed by atoms with Gasteiger partial charge in [-0.15, -0.1) is 12.4 Å². The Kier molecular flexibility index (Phi) is 10.1. The molecule has 0 fully saturated rings. The Morgan fingerprint density at radius 2 is 1.64 bits per heavy atom. The maximum absolute atomic E-state index is 11.8. The molecule has 1 rings (SSSR count). The first-order valence-electron chi connectivity index (χ1n) is 7.81. The van der Waals surface area contributed by atoms with E-state index in [1.807, 2.05) is 13.8 Å². The van der Waals surface area contributed by atoms with Crippen molar-refractivity contribution in [3.8, 4) is 0 Å². The number of carbonyl (C=O) groups is 1. The monoisotopic (exact) mass is 327 g/mol. The van der Waals surface area contributed by atoms with Crippen molar-refractivity contribution in [3.05, 3.63) is 35.4 Å². The minimum atomic E-state index is -0.438. The van der Waals surface area contributed by atoms with Crippen LogP contribution in [0.25, 0.3) is 0 Å². The van der Waals surface area contributed by atoms with E-state index in [0.717, 1.165) is 25.2 Å². The summed E-state index contributed by atoms with van der Waals surface area (Å²) in [5.41, 5.74) is 8.21. The molecule has 3 N–H and O–H groups in total. The molecule has 0 spiro atoms. The lowest BCUT2D eigenvalue weighted by Gasteiger charge is -2.18. The lowest BCUT2D eigenvalue weighted by atomic mass is 10.0. The standard InChI is InChI=1S/C17H29N3O.ClH/c1-5-20(6-2)12-15-9-7-14(8-10-15)11-19-17(21)16(18)13(3)4;/h7-10,13,16H,5-6,11-12,18H2,1-4H3,(H,19,21);1H/t16-;/m0./s1. The maximum Gasteiger partial charge on any atom is 0.237 e. The Balaban J connectivity index is 0.00000441. The number of halogens is 1. The van der Waals surface area contributed by atoms with Gasteiger partial charge in [0.15, 0.2) is 0 Å². The van der Waals surface area contributed by atoms with E-state index in [1.165, 1.54) is 5.56 Å². The molecule has 0 heterocycles. The van der Waals surface area contributed by atoms with E-state index in [4.69, 9.17) is 5.73 Å². The molecule has 4 nitrogen and oxygen atoms in total. The number of nitrogens with zero attached hydrogens (tertiary/aromatic N) is 1. The van der Waals surface area contributed by atoms with E-state index < -0.39 is 6.04 Å². The summed E-state index contributed by atoms with van der Waals surface area (Å²) < 4.78 is 0. The maximum atomic E-state index is 11.8. The minimum absolute atomic E-state index is 0. The number of benzene rings is 1. The molecule has 1 atom stereocenters. The fourth-order valence-corrected chi connectivity index (χ4v) is 2.08. The van der Waals surface area contributed by atoms with Crippen LogP contribution in [-0.4, -0.2) is 29.9 Å². The van der Waals surface area contributed by atoms with Crippen LogP contribution in [0.1, 0.15) is 38.8 Å². The van der Waals surface area contributed by atoms with Crippen molar-refractivity contribution in [1.29, 1.82) is 0 Å². The molecule has 0 aromatic heterocycles. The quantitative estimate of drug-likeness (QED) is 0.771. The predicted octanol–water partition coefficient (Wildman–Crippen LogP) is 2.55. The van der Waals surface area contributed by atoms with Gasteiger partial charge in [-0.2, -0.15) is 0 Å². The summed E-state index contributed by atoms with van der Waals surface area (Å²) in [7, 11) is 0. The molecule has 126 valence electrons. The smallest absolute Gasteiger partial charge is 0.237 e. The van der Waals surface area contributed by atoms with Crippen molar-refractivity contribution in [2.24, 2.45) is 11.7 Å². The van der Waals surface area contributed by atoms with Crippen molar-refractivity contribution >= 4 is 18.3 Å². The lowest BCUT2D eigenvalue weighted by Crippen LogP contribution is -2.43. The Labute approximate surface area is 140 Å². The zero-order valence-electron chi connectivity index (χ0n) is 14.1. The largest absolute Gasteiger partial charge is 0.351 e. The van der Waals surface area contributed by atoms with Gasteiger partial charge in [0.25, 0.3) is 0 Å². The van der Waals surface area contributed by atoms with Gasteiger partial charge >= 0.3 is 0 Å². The molecular formula is C17H30ClN3O. The highest BCUT2D eigenvalue weighted by atomic mass is 35.5. The summed E-state index contributed by atoms with van der Waals surface area (Å²) in [6, 6.07) is 7.96. The minimum Gasteiger partial charge on any atom is -0.351 e. The molecule has 0 radical (unpaired) electrons. The third-order valence-electron chi connectivity index (χ3n) is 3.81. The predicted molar refractivity (Wildman–Crippen MR) is 95.0 cm³/mol. The first kappa shape index (κ1) is 20.9. The number of nitrogens with one attached hydrogen (secondary N) is 1. The molecule has 0 saturated heterocycles. The molecule has 0 aliphatic rings. The van der Waals surface area contributed by atoms with Crippen molar-refractivity contribution in [3.63, 3.8) is 0 Å². The second kappa shape index (κ2) is 10.6. The van der Waals surface area contributed by atoms with Crippen LogP contribution in [0.5, 0.6) is 0 Å². The average molecular weight is 328 g/mol. The Hall–Kier alpha value is -1.10. The van der Waals surface area contributed by atoms with Crippen molar-refractivity contribution in [2.45, 2.75) is 46.8 Å². The number of rotatable bonds is 8. The third kappa shape index (κ3) is 6.77. The second-order valence-electron chi connectivity index (χ2n) is 5.77. The zero-order valence-corrected chi connectivity index (χ0v) is 15.0. The summed E-state index contributed by atoms with van der Waals surface area (Å²) >= 11 is 0. The molecule has 5 heteroatoms. The van der Waals surface area contributed by atoms with Gasteiger partial charge in [0, 0.05) is 13.1 Å². The summed E-state index contributed by atoms with van der Waals surface area (Å²) in [5.74, 6) is 0.0682. The van der Waals surface area contributed by atoms with Crippen LogP contribution in [-0.2, 0) is 17.9 Å². The molecule has 22 heavy (non-hydrogen) atoms. The Morgan fingerprint density at radius 1 is 1.14 bits per heavy atom. The number of amides is 1.